The first-order valence-electron chi connectivity index (χ1n) is 14.0. The molecular weight excluding hydrogens is 554 g/mol. The second-order valence-electron chi connectivity index (χ2n) is 11.5. The van der Waals surface area contributed by atoms with Crippen molar-refractivity contribution in [1.82, 2.24) is 27.1 Å². The molecule has 43 heavy (non-hydrogen) atoms. The van der Waals surface area contributed by atoms with Crippen LogP contribution in [0.25, 0.3) is 10.9 Å². The highest BCUT2D eigenvalue weighted by Crippen LogP contribution is 2.24. The number of Topliss-reactive ketones (excluding diaryl/α,β-unsaturated/α-hetero) is 1. The van der Waals surface area contributed by atoms with Crippen LogP contribution in [0.15, 0.2) is 53.3 Å². The lowest BCUT2D eigenvalue weighted by Gasteiger charge is -2.33. The number of nitrogens with one attached hydrogen (secondary N) is 3. The van der Waals surface area contributed by atoms with Crippen molar-refractivity contribution >= 4 is 22.6 Å². The summed E-state index contributed by atoms with van der Waals surface area (Å²) in [5.41, 5.74) is 3.21. The number of aromatic amines is 1. The highest BCUT2D eigenvalue weighted by molar-refractivity contribution is 5.89. The standard InChI is InChI=1S/C31H42N4O7.H3N/c1-20(36)28(31(3,4)5)34-29(37)24(12-9-15-40-17-22-10-7-6-8-11-22)27(19-42-35-39)41-18-23-13-14-26-25(16-23)30(38)33-21(2)32-26;/h6-8,10-11,13-14,16,24,27-28,35,39H,9,12,15,17-19H2,1-5H3,(H,34,37)(H,32,33,38);1H3/t24-,27?,28-;/m1./s1. The van der Waals surface area contributed by atoms with Crippen molar-refractivity contribution < 1.29 is 29.1 Å². The summed E-state index contributed by atoms with van der Waals surface area (Å²) in [6.45, 7) is 9.57. The van der Waals surface area contributed by atoms with Gasteiger partial charge in [-0.2, -0.15) is 0 Å². The zero-order valence-electron chi connectivity index (χ0n) is 25.6. The predicted molar refractivity (Wildman–Crippen MR) is 162 cm³/mol. The van der Waals surface area contributed by atoms with Crippen LogP contribution >= 0.6 is 0 Å². The number of carbonyl (C=O) groups is 2. The number of ether oxygens (including phenoxy) is 2. The van der Waals surface area contributed by atoms with E-state index in [0.717, 1.165) is 5.56 Å². The van der Waals surface area contributed by atoms with Crippen LogP contribution in [0.4, 0.5) is 0 Å². The number of aryl methyl sites for hydroxylation is 1. The summed E-state index contributed by atoms with van der Waals surface area (Å²) >= 11 is 0. The lowest BCUT2D eigenvalue weighted by Crippen LogP contribution is -2.52. The SMILES string of the molecule is CC(=O)[C@@H](NC(=O)[C@H](CCCOCc1ccccc1)C(CONO)OCc1ccc2nc(C)[nH]c(=O)c2c1)C(C)(C)C.N. The van der Waals surface area contributed by atoms with Crippen LogP contribution in [0.5, 0.6) is 0 Å². The summed E-state index contributed by atoms with van der Waals surface area (Å²) in [4.78, 5) is 50.7. The third kappa shape index (κ3) is 10.9. The van der Waals surface area contributed by atoms with Gasteiger partial charge in [-0.3, -0.25) is 24.4 Å². The molecule has 0 aliphatic carbocycles. The fourth-order valence-electron chi connectivity index (χ4n) is 4.83. The maximum absolute atomic E-state index is 13.7. The van der Waals surface area contributed by atoms with Crippen molar-refractivity contribution in [3.8, 4) is 0 Å². The summed E-state index contributed by atoms with van der Waals surface area (Å²) < 4.78 is 12.0. The highest BCUT2D eigenvalue weighted by atomic mass is 16.8. The van der Waals surface area contributed by atoms with Gasteiger partial charge < -0.3 is 25.9 Å². The van der Waals surface area contributed by atoms with Gasteiger partial charge >= 0.3 is 0 Å². The van der Waals surface area contributed by atoms with Gasteiger partial charge in [-0.25, -0.2) is 4.98 Å². The minimum Gasteiger partial charge on any atom is -0.377 e. The number of fused-ring (bicyclic) bond motifs is 1. The van der Waals surface area contributed by atoms with E-state index >= 15 is 0 Å². The molecule has 236 valence electrons. The van der Waals surface area contributed by atoms with Crippen molar-refractivity contribution in [1.29, 1.82) is 0 Å². The zero-order chi connectivity index (χ0) is 30.7. The molecule has 3 atom stereocenters. The molecule has 1 heterocycles. The fraction of sp³-hybridized carbons (Fsp3) is 0.484. The van der Waals surface area contributed by atoms with Crippen LogP contribution in [0.1, 0.15) is 57.5 Å². The van der Waals surface area contributed by atoms with Crippen molar-refractivity contribution in [3.63, 3.8) is 0 Å². The van der Waals surface area contributed by atoms with Gasteiger partial charge in [0.1, 0.15) is 5.82 Å². The van der Waals surface area contributed by atoms with E-state index < -0.39 is 23.5 Å². The van der Waals surface area contributed by atoms with Crippen LogP contribution in [0, 0.1) is 18.3 Å². The minimum atomic E-state index is -0.809. The molecule has 12 nitrogen and oxygen atoms in total. The molecule has 1 amide bonds. The number of rotatable bonds is 16. The third-order valence-corrected chi connectivity index (χ3v) is 6.92. The largest absolute Gasteiger partial charge is 0.377 e. The number of ketones is 1. The molecule has 7 N–H and O–H groups in total. The van der Waals surface area contributed by atoms with E-state index in [2.05, 4.69) is 15.3 Å². The van der Waals surface area contributed by atoms with Crippen molar-refractivity contribution in [2.75, 3.05) is 13.2 Å². The molecule has 3 aromatic rings. The molecule has 1 unspecified atom stereocenters. The van der Waals surface area contributed by atoms with Crippen LogP contribution < -0.4 is 22.7 Å². The summed E-state index contributed by atoms with van der Waals surface area (Å²) in [6, 6.07) is 14.3. The van der Waals surface area contributed by atoms with E-state index in [1.807, 2.05) is 51.1 Å². The first-order valence-corrected chi connectivity index (χ1v) is 14.0. The van der Waals surface area contributed by atoms with E-state index in [0.29, 0.717) is 48.3 Å². The number of hydrogen-bond donors (Lipinski definition) is 5. The third-order valence-electron chi connectivity index (χ3n) is 6.92. The maximum Gasteiger partial charge on any atom is 0.258 e. The van der Waals surface area contributed by atoms with Crippen LogP contribution in [0.2, 0.25) is 0 Å². The Kier molecular flexibility index (Phi) is 14.1. The average molecular weight is 600 g/mol. The Morgan fingerprint density at radius 2 is 1.79 bits per heavy atom. The maximum atomic E-state index is 13.7. The molecule has 2 aromatic carbocycles. The van der Waals surface area contributed by atoms with E-state index in [1.165, 1.54) is 6.92 Å². The Hall–Kier alpha value is -3.52. The molecule has 0 saturated carbocycles. The molecule has 0 saturated heterocycles. The fourth-order valence-corrected chi connectivity index (χ4v) is 4.83. The number of amides is 1. The number of H-pyrrole nitrogens is 1. The monoisotopic (exact) mass is 599 g/mol. The van der Waals surface area contributed by atoms with Gasteiger partial charge in [0.2, 0.25) is 5.91 Å². The van der Waals surface area contributed by atoms with Gasteiger partial charge in [0.05, 0.1) is 48.8 Å². The highest BCUT2D eigenvalue weighted by Gasteiger charge is 2.35. The van der Waals surface area contributed by atoms with Gasteiger partial charge in [-0.1, -0.05) is 62.8 Å². The molecule has 0 radical (unpaired) electrons. The molecule has 1 aromatic heterocycles. The summed E-state index contributed by atoms with van der Waals surface area (Å²) in [5, 5.41) is 12.5. The molecule has 12 heteroatoms. The average Bonchev–Trinajstić information content (AvgIpc) is 2.94. The zero-order valence-corrected chi connectivity index (χ0v) is 25.6. The molecule has 0 bridgehead atoms. The van der Waals surface area contributed by atoms with E-state index in [9.17, 15) is 14.4 Å². The number of aromatic nitrogens is 2. The molecule has 0 fully saturated rings. The molecular formula is C31H45N5O7. The first-order chi connectivity index (χ1) is 20.0. The number of benzene rings is 2. The first kappa shape index (κ1) is 35.7. The Bertz CT molecular complexity index is 1370. The van der Waals surface area contributed by atoms with Crippen molar-refractivity contribution in [3.05, 3.63) is 75.8 Å². The van der Waals surface area contributed by atoms with Gasteiger partial charge in [0.15, 0.2) is 5.78 Å². The summed E-state index contributed by atoms with van der Waals surface area (Å²) in [7, 11) is 0. The Morgan fingerprint density at radius 3 is 2.44 bits per heavy atom. The molecule has 0 aliphatic heterocycles. The smallest absolute Gasteiger partial charge is 0.258 e. The Morgan fingerprint density at radius 1 is 1.07 bits per heavy atom. The Labute approximate surface area is 252 Å². The van der Waals surface area contributed by atoms with Crippen LogP contribution in [0.3, 0.4) is 0 Å². The molecule has 3 rings (SSSR count). The normalized spacial score (nSPS) is 13.6. The van der Waals surface area contributed by atoms with Crippen LogP contribution in [-0.4, -0.2) is 52.2 Å². The molecule has 0 spiro atoms. The topological polar surface area (TPSA) is 187 Å². The summed E-state index contributed by atoms with van der Waals surface area (Å²) in [6.07, 6.45) is 0.0973. The number of hydrogen-bond acceptors (Lipinski definition) is 10. The van der Waals surface area contributed by atoms with Crippen molar-refractivity contribution in [2.24, 2.45) is 11.3 Å². The lowest BCUT2D eigenvalue weighted by molar-refractivity contribution is -0.170. The van der Waals surface area contributed by atoms with E-state index in [-0.39, 0.29) is 36.6 Å². The minimum absolute atomic E-state index is 0. The van der Waals surface area contributed by atoms with Gasteiger partial charge in [0.25, 0.3) is 5.56 Å². The van der Waals surface area contributed by atoms with Crippen molar-refractivity contribution in [2.45, 2.75) is 72.8 Å². The summed E-state index contributed by atoms with van der Waals surface area (Å²) in [5.74, 6) is -0.742. The number of carbonyl (C=O) groups excluding carboxylic acids is 2. The van der Waals surface area contributed by atoms with Crippen LogP contribution in [-0.2, 0) is 37.1 Å². The van der Waals surface area contributed by atoms with E-state index in [4.69, 9.17) is 19.5 Å². The number of nitrogens with zero attached hydrogens (tertiary/aromatic N) is 1. The molecule has 0 aliphatic rings. The lowest BCUT2D eigenvalue weighted by atomic mass is 9.83. The van der Waals surface area contributed by atoms with E-state index in [1.54, 1.807) is 30.8 Å². The quantitative estimate of drug-likeness (QED) is 0.119. The Balaban J connectivity index is 0.00000645. The van der Waals surface area contributed by atoms with Gasteiger partial charge in [-0.05, 0) is 55.4 Å². The second kappa shape index (κ2) is 16.9. The predicted octanol–water partition coefficient (Wildman–Crippen LogP) is 3.92. The van der Waals surface area contributed by atoms with Gasteiger partial charge in [0, 0.05) is 6.61 Å². The van der Waals surface area contributed by atoms with Gasteiger partial charge in [-0.15, -0.1) is 0 Å². The second-order valence-corrected chi connectivity index (χ2v) is 11.5.